The van der Waals surface area contributed by atoms with Crippen molar-refractivity contribution in [1.82, 2.24) is 10.7 Å². The van der Waals surface area contributed by atoms with E-state index in [4.69, 9.17) is 5.11 Å². The van der Waals surface area contributed by atoms with Crippen LogP contribution in [0.1, 0.15) is 20.3 Å². The van der Waals surface area contributed by atoms with Crippen molar-refractivity contribution >= 4 is 12.8 Å². The minimum absolute atomic E-state index is 0.315. The van der Waals surface area contributed by atoms with Crippen LogP contribution in [0.2, 0.25) is 0 Å². The highest BCUT2D eigenvalue weighted by molar-refractivity contribution is 5.67. The summed E-state index contributed by atoms with van der Waals surface area (Å²) in [4.78, 5) is 10.2. The minimum atomic E-state index is -0.567. The molecule has 0 saturated heterocycles. The Morgan fingerprint density at radius 3 is 2.43 bits per heavy atom. The molecule has 0 aliphatic heterocycles. The lowest BCUT2D eigenvalue weighted by Crippen LogP contribution is -2.22. The van der Waals surface area contributed by atoms with Gasteiger partial charge in [-0.3, -0.25) is 5.32 Å². The summed E-state index contributed by atoms with van der Waals surface area (Å²) in [6.07, 6.45) is -0.108. The Hall–Kier alpha value is -1.14. The van der Waals surface area contributed by atoms with E-state index in [1.54, 1.807) is 14.0 Å². The maximum Gasteiger partial charge on any atom is 0.427 e. The van der Waals surface area contributed by atoms with E-state index in [0.717, 1.165) is 6.42 Å². The molecule has 1 unspecified atom stereocenters. The molecule has 0 bridgehead atoms. The summed E-state index contributed by atoms with van der Waals surface area (Å²) >= 11 is 0. The highest BCUT2D eigenvalue weighted by atomic mass is 16.5. The fourth-order valence-electron chi connectivity index (χ4n) is 0.432. The van der Waals surface area contributed by atoms with Gasteiger partial charge in [0.2, 0.25) is 0 Å². The van der Waals surface area contributed by atoms with Crippen molar-refractivity contribution in [3.63, 3.8) is 0 Å². The highest BCUT2D eigenvalue weighted by Crippen LogP contribution is 1.78. The lowest BCUT2D eigenvalue weighted by Gasteiger charge is -2.01. The van der Waals surface area contributed by atoms with E-state index >= 15 is 0 Å². The molecule has 0 radical (unpaired) electrons. The number of aliphatic hydroxyl groups is 1. The maximum absolute atomic E-state index is 10.2. The zero-order valence-electron chi connectivity index (χ0n) is 8.91. The monoisotopic (exact) mass is 205 g/mol. The first-order chi connectivity index (χ1) is 6.62. The zero-order chi connectivity index (χ0) is 11.4. The third-order valence-electron chi connectivity index (χ3n) is 1.17. The molecule has 0 rings (SSSR count). The van der Waals surface area contributed by atoms with E-state index in [1.165, 1.54) is 0 Å². The summed E-state index contributed by atoms with van der Waals surface area (Å²) < 4.78 is 4.40. The molecule has 84 valence electrons. The minimum Gasteiger partial charge on any atom is -0.449 e. The van der Waals surface area contributed by atoms with Crippen molar-refractivity contribution in [2.45, 2.75) is 26.5 Å². The highest BCUT2D eigenvalue weighted by Gasteiger charge is 1.92. The van der Waals surface area contributed by atoms with Crippen LogP contribution in [0.5, 0.6) is 0 Å². The van der Waals surface area contributed by atoms with Gasteiger partial charge in [-0.25, -0.2) is 10.2 Å². The molecule has 0 aromatic carbocycles. The second kappa shape index (κ2) is 11.9. The standard InChI is InChI=1S/C4H8N2O2.C4H11NO/c1-3-8-4(7)6-5-2;1-3-4(6)5-2/h2-3H2,1H3,(H,6,7);4-6H,3H2,1-2H3. The molecule has 0 aliphatic carbocycles. The van der Waals surface area contributed by atoms with Crippen LogP contribution in [0, 0.1) is 0 Å². The number of ether oxygens (including phenoxy) is 1. The van der Waals surface area contributed by atoms with Crippen LogP contribution in [0.15, 0.2) is 5.10 Å². The number of hydrogen-bond acceptors (Lipinski definition) is 5. The van der Waals surface area contributed by atoms with Crippen LogP contribution in [0.4, 0.5) is 4.79 Å². The number of nitrogens with zero attached hydrogens (tertiary/aromatic N) is 1. The lowest BCUT2D eigenvalue weighted by molar-refractivity contribution is 0.143. The van der Waals surface area contributed by atoms with Crippen molar-refractivity contribution in [2.24, 2.45) is 5.10 Å². The summed E-state index contributed by atoms with van der Waals surface area (Å²) in [5, 5.41) is 14.3. The predicted molar refractivity (Wildman–Crippen MR) is 55.1 cm³/mol. The first-order valence-corrected chi connectivity index (χ1v) is 4.36. The average Bonchev–Trinajstić information content (AvgIpc) is 2.18. The molecule has 3 N–H and O–H groups in total. The van der Waals surface area contributed by atoms with Gasteiger partial charge in [-0.2, -0.15) is 5.10 Å². The Kier molecular flexibility index (Phi) is 13.0. The van der Waals surface area contributed by atoms with Crippen molar-refractivity contribution in [3.05, 3.63) is 0 Å². The number of hydrogen-bond donors (Lipinski definition) is 3. The van der Waals surface area contributed by atoms with E-state index in [2.05, 4.69) is 21.9 Å². The molecule has 0 aromatic heterocycles. The third-order valence-corrected chi connectivity index (χ3v) is 1.17. The Morgan fingerprint density at radius 2 is 2.21 bits per heavy atom. The summed E-state index contributed by atoms with van der Waals surface area (Å²) in [7, 11) is 1.73. The number of hydrazone groups is 1. The average molecular weight is 205 g/mol. The van der Waals surface area contributed by atoms with Crippen LogP contribution in [-0.4, -0.2) is 37.8 Å². The zero-order valence-corrected chi connectivity index (χ0v) is 8.91. The molecule has 1 amide bonds. The summed E-state index contributed by atoms with van der Waals surface area (Å²) in [6.45, 7) is 7.00. The van der Waals surface area contributed by atoms with Crippen LogP contribution < -0.4 is 10.7 Å². The van der Waals surface area contributed by atoms with Crippen molar-refractivity contribution in [3.8, 4) is 0 Å². The van der Waals surface area contributed by atoms with Crippen LogP contribution in [0.25, 0.3) is 0 Å². The molecule has 0 aliphatic rings. The van der Waals surface area contributed by atoms with Crippen LogP contribution in [0.3, 0.4) is 0 Å². The number of rotatable bonds is 4. The van der Waals surface area contributed by atoms with Gasteiger partial charge in [-0.05, 0) is 20.4 Å². The summed E-state index contributed by atoms with van der Waals surface area (Å²) in [5.74, 6) is 0. The molecule has 14 heavy (non-hydrogen) atoms. The van der Waals surface area contributed by atoms with Gasteiger partial charge < -0.3 is 9.84 Å². The predicted octanol–water partition coefficient (Wildman–Crippen LogP) is 0.282. The molecule has 0 heterocycles. The number of aliphatic hydroxyl groups excluding tert-OH is 1. The van der Waals surface area contributed by atoms with Crippen LogP contribution in [-0.2, 0) is 4.74 Å². The quantitative estimate of drug-likeness (QED) is 0.350. The first-order valence-electron chi connectivity index (χ1n) is 4.36. The van der Waals surface area contributed by atoms with Gasteiger partial charge in [0.05, 0.1) is 6.61 Å². The molecule has 6 heteroatoms. The molecule has 0 saturated carbocycles. The van der Waals surface area contributed by atoms with Gasteiger partial charge in [0.15, 0.2) is 0 Å². The Bertz CT molecular complexity index is 149. The van der Waals surface area contributed by atoms with Gasteiger partial charge in [0.1, 0.15) is 6.23 Å². The molecule has 0 spiro atoms. The second-order valence-corrected chi connectivity index (χ2v) is 2.20. The fraction of sp³-hybridized carbons (Fsp3) is 0.750. The molecular formula is C8H19N3O3. The lowest BCUT2D eigenvalue weighted by atomic mass is 10.4. The summed E-state index contributed by atoms with van der Waals surface area (Å²) in [5.41, 5.74) is 2.00. The van der Waals surface area contributed by atoms with Crippen LogP contribution >= 0.6 is 0 Å². The molecule has 6 nitrogen and oxygen atoms in total. The molecule has 0 fully saturated rings. The number of amides is 1. The first kappa shape index (κ1) is 15.3. The van der Waals surface area contributed by atoms with Crippen molar-refractivity contribution in [1.29, 1.82) is 0 Å². The van der Waals surface area contributed by atoms with Gasteiger partial charge in [0.25, 0.3) is 0 Å². The second-order valence-electron chi connectivity index (χ2n) is 2.20. The number of nitrogens with one attached hydrogen (secondary N) is 2. The Labute approximate surface area is 84.3 Å². The Morgan fingerprint density at radius 1 is 1.64 bits per heavy atom. The van der Waals surface area contributed by atoms with Gasteiger partial charge >= 0.3 is 6.09 Å². The van der Waals surface area contributed by atoms with Gasteiger partial charge in [-0.1, -0.05) is 6.92 Å². The molecule has 1 atom stereocenters. The van der Waals surface area contributed by atoms with Crippen molar-refractivity contribution in [2.75, 3.05) is 13.7 Å². The number of carbonyl (C=O) groups is 1. The van der Waals surface area contributed by atoms with E-state index < -0.39 is 6.09 Å². The van der Waals surface area contributed by atoms with Gasteiger partial charge in [-0.15, -0.1) is 0 Å². The van der Waals surface area contributed by atoms with Gasteiger partial charge in [0, 0.05) is 6.72 Å². The van der Waals surface area contributed by atoms with E-state index in [9.17, 15) is 4.79 Å². The SMILES string of the molecule is C=NNC(=O)OCC.CCC(O)NC. The normalized spacial score (nSPS) is 10.6. The van der Waals surface area contributed by atoms with E-state index in [0.29, 0.717) is 6.61 Å². The Balaban J connectivity index is 0. The fourth-order valence-corrected chi connectivity index (χ4v) is 0.432. The van der Waals surface area contributed by atoms with Crippen molar-refractivity contribution < 1.29 is 14.6 Å². The van der Waals surface area contributed by atoms with E-state index in [-0.39, 0.29) is 6.23 Å². The smallest absolute Gasteiger partial charge is 0.427 e. The largest absolute Gasteiger partial charge is 0.449 e. The molecule has 0 aromatic rings. The topological polar surface area (TPSA) is 83.0 Å². The third kappa shape index (κ3) is 13.4. The summed E-state index contributed by atoms with van der Waals surface area (Å²) in [6, 6.07) is 0. The number of carbonyl (C=O) groups excluding carboxylic acids is 1. The van der Waals surface area contributed by atoms with E-state index in [1.807, 2.05) is 12.3 Å². The molecular weight excluding hydrogens is 186 g/mol. The maximum atomic E-state index is 10.2.